The van der Waals surface area contributed by atoms with Crippen LogP contribution in [0.5, 0.6) is 5.75 Å². The molecule has 0 aliphatic carbocycles. The van der Waals surface area contributed by atoms with Crippen LogP contribution < -0.4 is 15.4 Å². The zero-order valence-corrected chi connectivity index (χ0v) is 18.5. The van der Waals surface area contributed by atoms with E-state index in [9.17, 15) is 4.79 Å². The second-order valence-corrected chi connectivity index (χ2v) is 8.68. The van der Waals surface area contributed by atoms with Crippen molar-refractivity contribution in [1.82, 2.24) is 20.0 Å². The predicted octanol–water partition coefficient (Wildman–Crippen LogP) is 4.52. The number of para-hydroxylation sites is 1. The topological polar surface area (TPSA) is 94.0 Å². The smallest absolute Gasteiger partial charge is 0.235 e. The second-order valence-electron chi connectivity index (χ2n) is 6.48. The number of carbonyl (C=O) groups excluding carboxylic acids is 1. The average molecular weight is 453 g/mol. The minimum Gasteiger partial charge on any atom is -0.497 e. The van der Waals surface area contributed by atoms with Gasteiger partial charge in [-0.25, -0.2) is 4.68 Å². The quantitative estimate of drug-likeness (QED) is 0.380. The first-order chi connectivity index (χ1) is 15.1. The van der Waals surface area contributed by atoms with Gasteiger partial charge in [-0.3, -0.25) is 4.79 Å². The monoisotopic (exact) mass is 452 g/mol. The molecule has 4 rings (SSSR count). The van der Waals surface area contributed by atoms with Crippen LogP contribution in [0.15, 0.2) is 65.0 Å². The fourth-order valence-electron chi connectivity index (χ4n) is 2.78. The lowest BCUT2D eigenvalue weighted by molar-refractivity contribution is -0.113. The number of hydrogen-bond acceptors (Lipinski definition) is 8. The van der Waals surface area contributed by atoms with Gasteiger partial charge in [0.25, 0.3) is 0 Å². The Hall–Kier alpha value is -3.37. The van der Waals surface area contributed by atoms with E-state index in [2.05, 4.69) is 25.9 Å². The molecule has 0 atom stereocenters. The summed E-state index contributed by atoms with van der Waals surface area (Å²) in [5.74, 6) is 1.50. The van der Waals surface area contributed by atoms with Crippen molar-refractivity contribution in [3.8, 4) is 11.4 Å². The van der Waals surface area contributed by atoms with Gasteiger partial charge in [-0.15, -0.1) is 10.2 Å². The van der Waals surface area contributed by atoms with Crippen LogP contribution in [0.3, 0.4) is 0 Å². The van der Waals surface area contributed by atoms with E-state index in [1.807, 2.05) is 67.6 Å². The van der Waals surface area contributed by atoms with Crippen molar-refractivity contribution in [2.24, 2.45) is 0 Å². The van der Waals surface area contributed by atoms with Crippen LogP contribution in [0, 0.1) is 6.92 Å². The summed E-state index contributed by atoms with van der Waals surface area (Å²) < 4.78 is 7.58. The first kappa shape index (κ1) is 20.9. The number of aromatic nitrogens is 4. The van der Waals surface area contributed by atoms with Gasteiger partial charge in [-0.2, -0.15) is 5.10 Å². The van der Waals surface area contributed by atoms with E-state index >= 15 is 0 Å². The molecule has 0 saturated heterocycles. The molecular formula is C21H20N6O2S2. The van der Waals surface area contributed by atoms with Gasteiger partial charge in [-0.05, 0) is 43.3 Å². The number of ether oxygens (including phenoxy) is 1. The van der Waals surface area contributed by atoms with Crippen LogP contribution >= 0.6 is 23.1 Å². The summed E-state index contributed by atoms with van der Waals surface area (Å²) in [6.07, 6.45) is 0. The molecule has 0 bridgehead atoms. The minimum absolute atomic E-state index is 0.137. The van der Waals surface area contributed by atoms with E-state index in [0.717, 1.165) is 22.8 Å². The molecule has 31 heavy (non-hydrogen) atoms. The van der Waals surface area contributed by atoms with Gasteiger partial charge < -0.3 is 15.4 Å². The van der Waals surface area contributed by atoms with Crippen LogP contribution in [0.25, 0.3) is 5.69 Å². The number of rotatable bonds is 8. The summed E-state index contributed by atoms with van der Waals surface area (Å²) in [7, 11) is 1.63. The van der Waals surface area contributed by atoms with E-state index in [0.29, 0.717) is 15.3 Å². The minimum atomic E-state index is -0.137. The summed E-state index contributed by atoms with van der Waals surface area (Å²) in [6.45, 7) is 1.89. The van der Waals surface area contributed by atoms with E-state index in [4.69, 9.17) is 4.74 Å². The number of benzene rings is 2. The summed E-state index contributed by atoms with van der Waals surface area (Å²) in [5, 5.41) is 19.5. The normalized spacial score (nSPS) is 10.6. The maximum Gasteiger partial charge on any atom is 0.235 e. The Balaban J connectivity index is 1.34. The molecule has 0 aliphatic rings. The van der Waals surface area contributed by atoms with Crippen molar-refractivity contribution in [1.29, 1.82) is 0 Å². The molecule has 0 aliphatic heterocycles. The molecule has 0 unspecified atom stereocenters. The van der Waals surface area contributed by atoms with E-state index in [1.165, 1.54) is 23.1 Å². The standard InChI is InChI=1S/C21H20N6O2S2/c1-14-12-18(27(26-14)16-6-4-3-5-7-16)23-19(28)13-30-21-25-24-20(31-21)22-15-8-10-17(29-2)11-9-15/h3-12H,13H2,1-2H3,(H,22,24)(H,23,28). The van der Waals surface area contributed by atoms with Gasteiger partial charge in [-0.1, -0.05) is 41.3 Å². The highest BCUT2D eigenvalue weighted by Crippen LogP contribution is 2.28. The molecule has 0 radical (unpaired) electrons. The third-order valence-corrected chi connectivity index (χ3v) is 6.15. The van der Waals surface area contributed by atoms with Crippen molar-refractivity contribution in [3.05, 3.63) is 66.4 Å². The van der Waals surface area contributed by atoms with Gasteiger partial charge in [0.1, 0.15) is 11.6 Å². The van der Waals surface area contributed by atoms with Crippen molar-refractivity contribution >= 4 is 45.6 Å². The highest BCUT2D eigenvalue weighted by atomic mass is 32.2. The molecule has 8 nitrogen and oxygen atoms in total. The van der Waals surface area contributed by atoms with E-state index in [-0.39, 0.29) is 11.7 Å². The number of anilines is 3. The Bertz CT molecular complexity index is 1160. The van der Waals surface area contributed by atoms with Crippen molar-refractivity contribution < 1.29 is 9.53 Å². The predicted molar refractivity (Wildman–Crippen MR) is 124 cm³/mol. The van der Waals surface area contributed by atoms with Gasteiger partial charge in [0, 0.05) is 11.8 Å². The maximum absolute atomic E-state index is 12.5. The average Bonchev–Trinajstić information content (AvgIpc) is 3.39. The van der Waals surface area contributed by atoms with Crippen LogP contribution in [-0.4, -0.2) is 38.7 Å². The fraction of sp³-hybridized carbons (Fsp3) is 0.143. The Morgan fingerprint density at radius 1 is 1.13 bits per heavy atom. The molecule has 0 fully saturated rings. The van der Waals surface area contributed by atoms with Crippen LogP contribution in [0.1, 0.15) is 5.69 Å². The molecule has 0 spiro atoms. The van der Waals surface area contributed by atoms with Gasteiger partial charge in [0.2, 0.25) is 11.0 Å². The molecule has 2 N–H and O–H groups in total. The van der Waals surface area contributed by atoms with E-state index < -0.39 is 0 Å². The number of hydrogen-bond donors (Lipinski definition) is 2. The molecule has 158 valence electrons. The van der Waals surface area contributed by atoms with Crippen LogP contribution in [-0.2, 0) is 4.79 Å². The summed E-state index contributed by atoms with van der Waals surface area (Å²) >= 11 is 2.73. The highest BCUT2D eigenvalue weighted by molar-refractivity contribution is 8.01. The molecule has 2 heterocycles. The first-order valence-corrected chi connectivity index (χ1v) is 11.2. The summed E-state index contributed by atoms with van der Waals surface area (Å²) in [4.78, 5) is 12.5. The zero-order chi connectivity index (χ0) is 21.6. The fourth-order valence-corrected chi connectivity index (χ4v) is 4.35. The lowest BCUT2D eigenvalue weighted by Gasteiger charge is -2.08. The van der Waals surface area contributed by atoms with Crippen LogP contribution in [0.2, 0.25) is 0 Å². The van der Waals surface area contributed by atoms with Crippen molar-refractivity contribution in [2.75, 3.05) is 23.5 Å². The number of methoxy groups -OCH3 is 1. The van der Waals surface area contributed by atoms with Crippen LogP contribution in [0.4, 0.5) is 16.6 Å². The number of nitrogens with zero attached hydrogens (tertiary/aromatic N) is 4. The number of amides is 1. The molecule has 2 aromatic heterocycles. The lowest BCUT2D eigenvalue weighted by atomic mass is 10.3. The van der Waals surface area contributed by atoms with Crippen molar-refractivity contribution in [2.45, 2.75) is 11.3 Å². The Morgan fingerprint density at radius 3 is 2.65 bits per heavy atom. The second kappa shape index (κ2) is 9.63. The van der Waals surface area contributed by atoms with Gasteiger partial charge in [0.15, 0.2) is 4.34 Å². The van der Waals surface area contributed by atoms with Gasteiger partial charge in [0.05, 0.1) is 24.2 Å². The largest absolute Gasteiger partial charge is 0.497 e. The van der Waals surface area contributed by atoms with E-state index in [1.54, 1.807) is 11.8 Å². The highest BCUT2D eigenvalue weighted by Gasteiger charge is 2.13. The number of thioether (sulfide) groups is 1. The SMILES string of the molecule is COc1ccc(Nc2nnc(SCC(=O)Nc3cc(C)nn3-c3ccccc3)s2)cc1. The molecule has 0 saturated carbocycles. The zero-order valence-electron chi connectivity index (χ0n) is 16.9. The molecule has 2 aromatic carbocycles. The first-order valence-electron chi connectivity index (χ1n) is 9.40. The molecular weight excluding hydrogens is 432 g/mol. The third kappa shape index (κ3) is 5.41. The molecule has 1 amide bonds. The summed E-state index contributed by atoms with van der Waals surface area (Å²) in [5.41, 5.74) is 2.60. The number of aryl methyl sites for hydroxylation is 1. The Kier molecular flexibility index (Phi) is 6.48. The maximum atomic E-state index is 12.5. The third-order valence-electron chi connectivity index (χ3n) is 4.17. The number of nitrogens with one attached hydrogen (secondary N) is 2. The van der Waals surface area contributed by atoms with Crippen molar-refractivity contribution in [3.63, 3.8) is 0 Å². The van der Waals surface area contributed by atoms with Gasteiger partial charge >= 0.3 is 0 Å². The summed E-state index contributed by atoms with van der Waals surface area (Å²) in [6, 6.07) is 19.1. The lowest BCUT2D eigenvalue weighted by Crippen LogP contribution is -2.16. The molecule has 10 heteroatoms. The molecule has 4 aromatic rings. The Morgan fingerprint density at radius 2 is 1.90 bits per heavy atom. The Labute approximate surface area is 187 Å². The number of carbonyl (C=O) groups is 1.